The van der Waals surface area contributed by atoms with Gasteiger partial charge in [0.15, 0.2) is 6.29 Å². The quantitative estimate of drug-likeness (QED) is 0.350. The molecule has 2 heterocycles. The Morgan fingerprint density at radius 3 is 2.25 bits per heavy atom. The topological polar surface area (TPSA) is 71.0 Å². The molecule has 3 aromatic carbocycles. The summed E-state index contributed by atoms with van der Waals surface area (Å²) in [6.07, 6.45) is 6.82. The number of aliphatic hydroxyl groups excluding tert-OH is 1. The van der Waals surface area contributed by atoms with Gasteiger partial charge < -0.3 is 24.8 Å². The Bertz CT molecular complexity index is 1220. The van der Waals surface area contributed by atoms with Crippen molar-refractivity contribution in [3.63, 3.8) is 0 Å². The second-order valence-corrected chi connectivity index (χ2v) is 11.1. The van der Waals surface area contributed by atoms with E-state index in [0.29, 0.717) is 6.54 Å². The zero-order chi connectivity index (χ0) is 27.7. The largest absolute Gasteiger partial charge is 0.392 e. The van der Waals surface area contributed by atoms with Crippen molar-refractivity contribution >= 4 is 5.91 Å². The van der Waals surface area contributed by atoms with Gasteiger partial charge in [0.05, 0.1) is 18.8 Å². The summed E-state index contributed by atoms with van der Waals surface area (Å²) in [7, 11) is 0. The maximum atomic E-state index is 11.5. The molecule has 1 amide bonds. The molecule has 40 heavy (non-hydrogen) atoms. The van der Waals surface area contributed by atoms with Crippen LogP contribution in [0.15, 0.2) is 72.8 Å². The molecule has 3 aromatic rings. The Labute approximate surface area is 238 Å². The lowest BCUT2D eigenvalue weighted by Gasteiger charge is -2.39. The first-order valence-corrected chi connectivity index (χ1v) is 14.7. The van der Waals surface area contributed by atoms with E-state index in [0.717, 1.165) is 59.4 Å². The smallest absolute Gasteiger partial charge is 0.217 e. The van der Waals surface area contributed by atoms with Crippen molar-refractivity contribution in [2.24, 2.45) is 0 Å². The van der Waals surface area contributed by atoms with Crippen molar-refractivity contribution in [1.82, 2.24) is 10.2 Å². The van der Waals surface area contributed by atoms with E-state index < -0.39 is 6.29 Å². The van der Waals surface area contributed by atoms with Crippen molar-refractivity contribution < 1.29 is 19.4 Å². The van der Waals surface area contributed by atoms with E-state index in [9.17, 15) is 9.90 Å². The van der Waals surface area contributed by atoms with Crippen LogP contribution in [0, 0.1) is 0 Å². The number of aliphatic hydroxyl groups is 1. The minimum atomic E-state index is -0.459. The van der Waals surface area contributed by atoms with Gasteiger partial charge in [0, 0.05) is 32.0 Å². The average Bonchev–Trinajstić information content (AvgIpc) is 2.97. The van der Waals surface area contributed by atoms with Crippen molar-refractivity contribution in [2.75, 3.05) is 19.6 Å². The molecule has 6 nitrogen and oxygen atoms in total. The summed E-state index contributed by atoms with van der Waals surface area (Å²) in [5, 5.41) is 12.4. The summed E-state index contributed by atoms with van der Waals surface area (Å²) >= 11 is 0. The molecule has 0 unspecified atom stereocenters. The lowest BCUT2D eigenvalue weighted by atomic mass is 9.97. The number of benzene rings is 3. The molecule has 5 rings (SSSR count). The number of amides is 1. The van der Waals surface area contributed by atoms with Gasteiger partial charge in [-0.3, -0.25) is 4.79 Å². The summed E-state index contributed by atoms with van der Waals surface area (Å²) in [6, 6.07) is 24.7. The first kappa shape index (κ1) is 28.5. The SMILES string of the molecule is CC(=O)NCc1ccccc1-c1ccc([C@@H]2O[C@H](CN3CCCCCCC3)C[C@H](c3ccc(CO)cc3)O2)cc1. The Kier molecular flexibility index (Phi) is 10.0. The molecule has 2 saturated heterocycles. The number of carbonyl (C=O) groups is 1. The highest BCUT2D eigenvalue weighted by atomic mass is 16.7. The normalized spacial score (nSPS) is 22.3. The highest BCUT2D eigenvalue weighted by Crippen LogP contribution is 2.39. The molecule has 2 aliphatic rings. The van der Waals surface area contributed by atoms with Crippen LogP contribution < -0.4 is 5.32 Å². The summed E-state index contributed by atoms with van der Waals surface area (Å²) in [5.41, 5.74) is 6.29. The molecule has 0 radical (unpaired) electrons. The second-order valence-electron chi connectivity index (χ2n) is 11.1. The predicted molar refractivity (Wildman–Crippen MR) is 157 cm³/mol. The van der Waals surface area contributed by atoms with Gasteiger partial charge in [-0.15, -0.1) is 0 Å². The minimum Gasteiger partial charge on any atom is -0.392 e. The van der Waals surface area contributed by atoms with E-state index in [2.05, 4.69) is 58.7 Å². The van der Waals surface area contributed by atoms with Crippen molar-refractivity contribution in [2.45, 2.75) is 77.1 Å². The maximum absolute atomic E-state index is 11.5. The number of likely N-dealkylation sites (tertiary alicyclic amines) is 1. The molecule has 2 fully saturated rings. The Balaban J connectivity index is 1.35. The number of nitrogens with one attached hydrogen (secondary N) is 1. The lowest BCUT2D eigenvalue weighted by Crippen LogP contribution is -2.40. The molecule has 6 heteroatoms. The number of ether oxygens (including phenoxy) is 2. The predicted octanol–water partition coefficient (Wildman–Crippen LogP) is 6.29. The Morgan fingerprint density at radius 2 is 1.55 bits per heavy atom. The van der Waals surface area contributed by atoms with Gasteiger partial charge in [-0.25, -0.2) is 0 Å². The Hall–Kier alpha value is -3.03. The fourth-order valence-electron chi connectivity index (χ4n) is 5.81. The molecule has 2 N–H and O–H groups in total. The summed E-state index contributed by atoms with van der Waals surface area (Å²) < 4.78 is 13.2. The monoisotopic (exact) mass is 542 g/mol. The van der Waals surface area contributed by atoms with Crippen LogP contribution in [0.5, 0.6) is 0 Å². The van der Waals surface area contributed by atoms with Gasteiger partial charge >= 0.3 is 0 Å². The Morgan fingerprint density at radius 1 is 0.875 bits per heavy atom. The first-order chi connectivity index (χ1) is 19.6. The first-order valence-electron chi connectivity index (χ1n) is 14.7. The zero-order valence-electron chi connectivity index (χ0n) is 23.6. The molecule has 0 aliphatic carbocycles. The number of nitrogens with zero attached hydrogens (tertiary/aromatic N) is 1. The second kappa shape index (κ2) is 14.0. The zero-order valence-corrected chi connectivity index (χ0v) is 23.6. The van der Waals surface area contributed by atoms with Crippen LogP contribution in [-0.2, 0) is 27.4 Å². The molecule has 0 aromatic heterocycles. The van der Waals surface area contributed by atoms with Gasteiger partial charge in [0.1, 0.15) is 0 Å². The van der Waals surface area contributed by atoms with E-state index in [-0.39, 0.29) is 24.7 Å². The highest BCUT2D eigenvalue weighted by Gasteiger charge is 2.33. The van der Waals surface area contributed by atoms with Crippen molar-refractivity contribution in [1.29, 1.82) is 0 Å². The number of hydrogen-bond donors (Lipinski definition) is 2. The number of rotatable bonds is 8. The lowest BCUT2D eigenvalue weighted by molar-refractivity contribution is -0.253. The van der Waals surface area contributed by atoms with Gasteiger partial charge in [0.25, 0.3) is 0 Å². The molecule has 0 saturated carbocycles. The van der Waals surface area contributed by atoms with Gasteiger partial charge in [-0.05, 0) is 53.7 Å². The third kappa shape index (κ3) is 7.58. The number of carbonyl (C=O) groups excluding carboxylic acids is 1. The minimum absolute atomic E-state index is 0.0371. The van der Waals surface area contributed by atoms with E-state index in [1.54, 1.807) is 0 Å². The van der Waals surface area contributed by atoms with Crippen molar-refractivity contribution in [3.8, 4) is 11.1 Å². The molecule has 0 spiro atoms. The van der Waals surface area contributed by atoms with E-state index in [4.69, 9.17) is 9.47 Å². The van der Waals surface area contributed by atoms with Crippen LogP contribution in [0.2, 0.25) is 0 Å². The molecular weight excluding hydrogens is 500 g/mol. The molecule has 2 aliphatic heterocycles. The highest BCUT2D eigenvalue weighted by molar-refractivity contribution is 5.74. The molecule has 3 atom stereocenters. The van der Waals surface area contributed by atoms with Gasteiger partial charge in [-0.2, -0.15) is 0 Å². The fourth-order valence-corrected chi connectivity index (χ4v) is 5.81. The average molecular weight is 543 g/mol. The molecule has 212 valence electrons. The van der Waals surface area contributed by atoms with Crippen LogP contribution in [0.1, 0.15) is 80.1 Å². The fraction of sp³-hybridized carbons (Fsp3) is 0.441. The molecule has 0 bridgehead atoms. The summed E-state index contributed by atoms with van der Waals surface area (Å²) in [6.45, 7) is 5.26. The van der Waals surface area contributed by atoms with Crippen LogP contribution in [-0.4, -0.2) is 41.7 Å². The summed E-state index contributed by atoms with van der Waals surface area (Å²) in [4.78, 5) is 14.1. The van der Waals surface area contributed by atoms with Crippen LogP contribution in [0.3, 0.4) is 0 Å². The third-order valence-electron chi connectivity index (χ3n) is 8.06. The van der Waals surface area contributed by atoms with Crippen LogP contribution >= 0.6 is 0 Å². The molecular formula is C34H42N2O4. The van der Waals surface area contributed by atoms with E-state index >= 15 is 0 Å². The third-order valence-corrected chi connectivity index (χ3v) is 8.06. The standard InChI is InChI=1S/C34H42N2O4/c1-25(38)35-22-30-9-5-6-10-32(30)27-15-17-29(18-16-27)34-39-31(23-36-19-7-3-2-4-8-20-36)21-33(40-34)28-13-11-26(24-37)12-14-28/h5-6,9-18,31,33-34,37H,2-4,7-8,19-24H2,1H3,(H,35,38)/t31-,33+,34+/m0/s1. The van der Waals surface area contributed by atoms with Gasteiger partial charge in [-0.1, -0.05) is 92.1 Å². The van der Waals surface area contributed by atoms with Crippen molar-refractivity contribution in [3.05, 3.63) is 95.1 Å². The maximum Gasteiger partial charge on any atom is 0.217 e. The van der Waals surface area contributed by atoms with Crippen LogP contribution in [0.4, 0.5) is 0 Å². The summed E-state index contributed by atoms with van der Waals surface area (Å²) in [5.74, 6) is -0.0393. The van der Waals surface area contributed by atoms with E-state index in [1.165, 1.54) is 39.0 Å². The van der Waals surface area contributed by atoms with E-state index in [1.807, 2.05) is 24.3 Å². The van der Waals surface area contributed by atoms with Gasteiger partial charge in [0.2, 0.25) is 5.91 Å². The van der Waals surface area contributed by atoms with Crippen LogP contribution in [0.25, 0.3) is 11.1 Å². The number of hydrogen-bond acceptors (Lipinski definition) is 5.